The molecular weight excluding hydrogens is 370 g/mol. The van der Waals surface area contributed by atoms with Gasteiger partial charge < -0.3 is 20.1 Å². The Morgan fingerprint density at radius 3 is 2.90 bits per heavy atom. The molecule has 7 heteroatoms. The van der Waals surface area contributed by atoms with Gasteiger partial charge in [0.05, 0.1) is 7.11 Å². The minimum absolute atomic E-state index is 0.0430. The normalized spacial score (nSPS) is 21.2. The van der Waals surface area contributed by atoms with Gasteiger partial charge in [0.15, 0.2) is 0 Å². The molecule has 2 heterocycles. The molecule has 2 N–H and O–H groups in total. The number of nitrogens with one attached hydrogen (secondary N) is 1. The van der Waals surface area contributed by atoms with E-state index in [-0.39, 0.29) is 24.3 Å². The van der Waals surface area contributed by atoms with Crippen molar-refractivity contribution in [1.82, 2.24) is 10.2 Å². The van der Waals surface area contributed by atoms with Gasteiger partial charge in [0, 0.05) is 43.9 Å². The summed E-state index contributed by atoms with van der Waals surface area (Å²) in [5, 5.41) is 12.3. The van der Waals surface area contributed by atoms with Crippen LogP contribution in [0.4, 0.5) is 4.79 Å². The summed E-state index contributed by atoms with van der Waals surface area (Å²) in [6.45, 7) is 4.58. The molecule has 7 nitrogen and oxygen atoms in total. The summed E-state index contributed by atoms with van der Waals surface area (Å²) < 4.78 is 5.38. The zero-order valence-corrected chi connectivity index (χ0v) is 17.3. The molecule has 3 rings (SSSR count). The summed E-state index contributed by atoms with van der Waals surface area (Å²) >= 11 is 0. The number of carboxylic acid groups (broad SMARTS) is 1. The monoisotopic (exact) mass is 401 g/mol. The predicted octanol–water partition coefficient (Wildman–Crippen LogP) is 2.96. The minimum atomic E-state index is -0.781. The number of hydrogen-bond acceptors (Lipinski definition) is 4. The number of methoxy groups -OCH3 is 1. The van der Waals surface area contributed by atoms with Crippen molar-refractivity contribution >= 4 is 17.7 Å². The van der Waals surface area contributed by atoms with Crippen LogP contribution in [0.25, 0.3) is 0 Å². The topological polar surface area (TPSA) is 91.2 Å². The lowest BCUT2D eigenvalue weighted by atomic mass is 9.78. The second-order valence-electron chi connectivity index (χ2n) is 7.89. The third kappa shape index (κ3) is 5.28. The van der Waals surface area contributed by atoms with Gasteiger partial charge in [-0.1, -0.05) is 13.0 Å². The van der Waals surface area contributed by atoms with Gasteiger partial charge in [0.25, 0.3) is 0 Å². The molecule has 1 saturated heterocycles. The molecule has 0 radical (unpaired) electrons. The lowest BCUT2D eigenvalue weighted by molar-refractivity contribution is -0.138. The fraction of sp³-hybridized carbons (Fsp3) is 0.591. The number of benzene rings is 1. The average molecular weight is 402 g/mol. The van der Waals surface area contributed by atoms with E-state index in [1.54, 1.807) is 7.11 Å². The predicted molar refractivity (Wildman–Crippen MR) is 112 cm³/mol. The standard InChI is InChI=1S/C22H31N3O4/c1-3-8-24-22(28)25-10-7-16(12-21(26)27)17(14-25)11-20-19-13-18(29-2)5-4-15(19)6-9-23-20/h4-5,13,16-17H,3,6-12,14H2,1-2H3,(H,24,28)(H,26,27)/t16-,17-/m0/s1. The summed E-state index contributed by atoms with van der Waals surface area (Å²) in [5.41, 5.74) is 3.34. The van der Waals surface area contributed by atoms with E-state index >= 15 is 0 Å². The van der Waals surface area contributed by atoms with Crippen molar-refractivity contribution in [1.29, 1.82) is 0 Å². The molecule has 1 aromatic carbocycles. The lowest BCUT2D eigenvalue weighted by Crippen LogP contribution is -2.49. The van der Waals surface area contributed by atoms with Crippen molar-refractivity contribution < 1.29 is 19.4 Å². The van der Waals surface area contributed by atoms with Crippen molar-refractivity contribution in [3.63, 3.8) is 0 Å². The summed E-state index contributed by atoms with van der Waals surface area (Å²) in [4.78, 5) is 30.5. The maximum absolute atomic E-state index is 12.5. The zero-order chi connectivity index (χ0) is 20.8. The number of fused-ring (bicyclic) bond motifs is 1. The van der Waals surface area contributed by atoms with Gasteiger partial charge >= 0.3 is 12.0 Å². The zero-order valence-electron chi connectivity index (χ0n) is 17.3. The Morgan fingerprint density at radius 2 is 2.17 bits per heavy atom. The summed E-state index contributed by atoms with van der Waals surface area (Å²) in [6, 6.07) is 6.02. The third-order valence-corrected chi connectivity index (χ3v) is 5.91. The Hall–Kier alpha value is -2.57. The van der Waals surface area contributed by atoms with Crippen molar-refractivity contribution in [3.05, 3.63) is 29.3 Å². The molecule has 29 heavy (non-hydrogen) atoms. The fourth-order valence-electron chi connectivity index (χ4n) is 4.32. The van der Waals surface area contributed by atoms with Crippen LogP contribution in [0.3, 0.4) is 0 Å². The first-order valence-electron chi connectivity index (χ1n) is 10.5. The summed E-state index contributed by atoms with van der Waals surface area (Å²) in [7, 11) is 1.65. The molecule has 2 amide bonds. The van der Waals surface area contributed by atoms with E-state index < -0.39 is 5.97 Å². The number of urea groups is 1. The van der Waals surface area contributed by atoms with Crippen molar-refractivity contribution in [2.75, 3.05) is 33.3 Å². The Kier molecular flexibility index (Phi) is 7.12. The van der Waals surface area contributed by atoms with E-state index in [9.17, 15) is 14.7 Å². The third-order valence-electron chi connectivity index (χ3n) is 5.91. The van der Waals surface area contributed by atoms with Gasteiger partial charge in [-0.3, -0.25) is 9.79 Å². The molecule has 1 aromatic rings. The summed E-state index contributed by atoms with van der Waals surface area (Å²) in [5.74, 6) is 0.130. The number of aliphatic imine (C=N–C) groups is 1. The molecule has 0 bridgehead atoms. The van der Waals surface area contributed by atoms with Gasteiger partial charge in [-0.05, 0) is 55.2 Å². The number of piperidine rings is 1. The molecule has 2 aliphatic heterocycles. The SMILES string of the molecule is CCCNC(=O)N1CC[C@@H](CC(=O)O)[C@@H](CC2=NCCc3ccc(OC)cc32)C1. The van der Waals surface area contributed by atoms with Crippen LogP contribution < -0.4 is 10.1 Å². The van der Waals surface area contributed by atoms with Gasteiger partial charge in [-0.15, -0.1) is 0 Å². The van der Waals surface area contributed by atoms with Crippen LogP contribution in [0.15, 0.2) is 23.2 Å². The second-order valence-corrected chi connectivity index (χ2v) is 7.89. The minimum Gasteiger partial charge on any atom is -0.497 e. The number of hydrogen-bond donors (Lipinski definition) is 2. The van der Waals surface area contributed by atoms with Crippen LogP contribution in [-0.2, 0) is 11.2 Å². The molecule has 2 aliphatic rings. The van der Waals surface area contributed by atoms with E-state index in [4.69, 9.17) is 9.73 Å². The quantitative estimate of drug-likeness (QED) is 0.735. The number of rotatable bonds is 7. The highest BCUT2D eigenvalue weighted by Crippen LogP contribution is 2.32. The molecule has 0 aromatic heterocycles. The van der Waals surface area contributed by atoms with E-state index in [0.29, 0.717) is 32.5 Å². The van der Waals surface area contributed by atoms with Crippen LogP contribution in [0.1, 0.15) is 43.7 Å². The van der Waals surface area contributed by atoms with Crippen molar-refractivity contribution in [2.24, 2.45) is 16.8 Å². The molecule has 158 valence electrons. The number of carbonyl (C=O) groups is 2. The molecule has 1 fully saturated rings. The number of carboxylic acids is 1. The molecule has 2 atom stereocenters. The first kappa shape index (κ1) is 21.1. The Bertz CT molecular complexity index is 777. The van der Waals surface area contributed by atoms with E-state index in [0.717, 1.165) is 36.4 Å². The van der Waals surface area contributed by atoms with Crippen LogP contribution in [0.5, 0.6) is 5.75 Å². The van der Waals surface area contributed by atoms with Crippen LogP contribution >= 0.6 is 0 Å². The van der Waals surface area contributed by atoms with Gasteiger partial charge in [0.1, 0.15) is 5.75 Å². The Balaban J connectivity index is 1.78. The van der Waals surface area contributed by atoms with Crippen molar-refractivity contribution in [2.45, 2.75) is 39.0 Å². The van der Waals surface area contributed by atoms with Gasteiger partial charge in [-0.25, -0.2) is 4.79 Å². The van der Waals surface area contributed by atoms with Crippen LogP contribution in [0, 0.1) is 11.8 Å². The largest absolute Gasteiger partial charge is 0.497 e. The summed E-state index contributed by atoms with van der Waals surface area (Å²) in [6.07, 6.45) is 3.30. The van der Waals surface area contributed by atoms with E-state index in [1.165, 1.54) is 5.56 Å². The van der Waals surface area contributed by atoms with Gasteiger partial charge in [-0.2, -0.15) is 0 Å². The number of carbonyl (C=O) groups excluding carboxylic acids is 1. The second kappa shape index (κ2) is 9.76. The highest BCUT2D eigenvalue weighted by atomic mass is 16.5. The molecule has 0 unspecified atom stereocenters. The Morgan fingerprint density at radius 1 is 1.34 bits per heavy atom. The van der Waals surface area contributed by atoms with Crippen LogP contribution in [0.2, 0.25) is 0 Å². The smallest absolute Gasteiger partial charge is 0.317 e. The number of ether oxygens (including phenoxy) is 1. The van der Waals surface area contributed by atoms with Crippen molar-refractivity contribution in [3.8, 4) is 5.75 Å². The number of nitrogens with zero attached hydrogens (tertiary/aromatic N) is 2. The average Bonchev–Trinajstić information content (AvgIpc) is 2.72. The molecule has 0 spiro atoms. The highest BCUT2D eigenvalue weighted by Gasteiger charge is 2.34. The molecule has 0 saturated carbocycles. The first-order valence-corrected chi connectivity index (χ1v) is 10.5. The van der Waals surface area contributed by atoms with Crippen LogP contribution in [-0.4, -0.2) is 61.0 Å². The number of likely N-dealkylation sites (tertiary alicyclic amines) is 1. The number of amides is 2. The molecule has 0 aliphatic carbocycles. The first-order chi connectivity index (χ1) is 14.0. The van der Waals surface area contributed by atoms with E-state index in [2.05, 4.69) is 11.4 Å². The van der Waals surface area contributed by atoms with Gasteiger partial charge in [0.2, 0.25) is 0 Å². The Labute approximate surface area is 172 Å². The maximum Gasteiger partial charge on any atom is 0.317 e. The lowest BCUT2D eigenvalue weighted by Gasteiger charge is -2.38. The fourth-order valence-corrected chi connectivity index (χ4v) is 4.32. The maximum atomic E-state index is 12.5. The number of aliphatic carboxylic acids is 1. The molecular formula is C22H31N3O4. The highest BCUT2D eigenvalue weighted by molar-refractivity contribution is 6.03. The van der Waals surface area contributed by atoms with E-state index in [1.807, 2.05) is 24.0 Å².